The molecule has 0 saturated heterocycles. The van der Waals surface area contributed by atoms with E-state index in [0.717, 1.165) is 12.1 Å². The van der Waals surface area contributed by atoms with Gasteiger partial charge in [0.2, 0.25) is 0 Å². The van der Waals surface area contributed by atoms with E-state index in [1.807, 2.05) is 31.2 Å². The number of carbonyl (C=O) groups is 1. The van der Waals surface area contributed by atoms with Crippen molar-refractivity contribution in [1.29, 1.82) is 0 Å². The number of hydrogen-bond acceptors (Lipinski definition) is 3. The number of ether oxygens (including phenoxy) is 1. The van der Waals surface area contributed by atoms with Gasteiger partial charge in [-0.3, -0.25) is 9.78 Å². The first kappa shape index (κ1) is 17.1. The summed E-state index contributed by atoms with van der Waals surface area (Å²) in [6.07, 6.45) is 0.844. The number of aryl methyl sites for hydroxylation is 2. The van der Waals surface area contributed by atoms with Crippen molar-refractivity contribution in [3.8, 4) is 5.75 Å². The van der Waals surface area contributed by atoms with E-state index in [1.54, 1.807) is 18.7 Å². The molecule has 2 aromatic rings. The summed E-state index contributed by atoms with van der Waals surface area (Å²) >= 11 is 12.5. The maximum absolute atomic E-state index is 12.7. The van der Waals surface area contributed by atoms with E-state index in [4.69, 9.17) is 27.9 Å². The van der Waals surface area contributed by atoms with Crippen molar-refractivity contribution in [2.75, 3.05) is 11.5 Å². The lowest BCUT2D eigenvalue weighted by atomic mass is 10.1. The number of benzene rings is 1. The Morgan fingerprint density at radius 3 is 2.54 bits per heavy atom. The second-order valence-corrected chi connectivity index (χ2v) is 6.73. The minimum Gasteiger partial charge on any atom is -0.480 e. The van der Waals surface area contributed by atoms with Crippen LogP contribution >= 0.6 is 23.2 Å². The molecule has 1 aromatic heterocycles. The fourth-order valence-corrected chi connectivity index (χ4v) is 3.48. The molecule has 0 radical (unpaired) electrons. The minimum absolute atomic E-state index is 0.102. The number of rotatable bonds is 3. The van der Waals surface area contributed by atoms with Crippen LogP contribution in [0.3, 0.4) is 0 Å². The van der Waals surface area contributed by atoms with Crippen LogP contribution in [0.1, 0.15) is 23.9 Å². The number of para-hydroxylation sites is 1. The van der Waals surface area contributed by atoms with Crippen LogP contribution in [0, 0.1) is 13.8 Å². The third kappa shape index (κ3) is 2.96. The maximum Gasteiger partial charge on any atom is 0.265 e. The van der Waals surface area contributed by atoms with E-state index >= 15 is 0 Å². The predicted molar refractivity (Wildman–Crippen MR) is 96.3 cm³/mol. The van der Waals surface area contributed by atoms with Gasteiger partial charge in [0.1, 0.15) is 10.0 Å². The number of fused-ring (bicyclic) bond motifs is 1. The van der Waals surface area contributed by atoms with Gasteiger partial charge in [0.15, 0.2) is 12.4 Å². The summed E-state index contributed by atoms with van der Waals surface area (Å²) in [5, 5.41) is 0.682. The summed E-state index contributed by atoms with van der Waals surface area (Å²) < 4.78 is 5.67. The van der Waals surface area contributed by atoms with Crippen molar-refractivity contribution in [1.82, 2.24) is 4.98 Å². The lowest BCUT2D eigenvalue weighted by Gasteiger charge is -2.23. The SMILES string of the molecule is Cc1nc(C)c(Cl)c(OCC(=O)N2c3ccccc3CC2C)c1Cl. The quantitative estimate of drug-likeness (QED) is 0.812. The molecule has 0 bridgehead atoms. The standard InChI is InChI=1S/C18H18Cl2N2O2/c1-10-8-13-6-4-5-7-14(13)22(10)15(23)9-24-18-16(19)11(2)21-12(3)17(18)20/h4-7,10H,8-9H2,1-3H3. The molecule has 1 aromatic carbocycles. The normalized spacial score (nSPS) is 16.2. The van der Waals surface area contributed by atoms with Crippen molar-refractivity contribution >= 4 is 34.8 Å². The molecule has 6 heteroatoms. The fourth-order valence-electron chi connectivity index (χ4n) is 3.05. The van der Waals surface area contributed by atoms with Crippen LogP contribution < -0.4 is 9.64 Å². The largest absolute Gasteiger partial charge is 0.480 e. The second-order valence-electron chi connectivity index (χ2n) is 5.97. The molecule has 1 aliphatic heterocycles. The molecule has 1 unspecified atom stereocenters. The van der Waals surface area contributed by atoms with E-state index in [2.05, 4.69) is 4.98 Å². The van der Waals surface area contributed by atoms with E-state index in [-0.39, 0.29) is 18.6 Å². The highest BCUT2D eigenvalue weighted by Crippen LogP contribution is 2.37. The summed E-state index contributed by atoms with van der Waals surface area (Å²) in [6.45, 7) is 5.46. The van der Waals surface area contributed by atoms with Gasteiger partial charge in [-0.2, -0.15) is 0 Å². The van der Waals surface area contributed by atoms with Crippen LogP contribution in [0.25, 0.3) is 0 Å². The Bertz CT molecular complexity index is 782. The smallest absolute Gasteiger partial charge is 0.265 e. The van der Waals surface area contributed by atoms with Gasteiger partial charge in [-0.25, -0.2) is 0 Å². The molecule has 1 aliphatic rings. The van der Waals surface area contributed by atoms with Gasteiger partial charge in [-0.15, -0.1) is 0 Å². The molecule has 0 fully saturated rings. The van der Waals surface area contributed by atoms with Crippen molar-refractivity contribution in [2.24, 2.45) is 0 Å². The third-order valence-electron chi connectivity index (χ3n) is 4.19. The Labute approximate surface area is 151 Å². The molecule has 3 rings (SSSR count). The number of pyridine rings is 1. The zero-order chi connectivity index (χ0) is 17.4. The van der Waals surface area contributed by atoms with Gasteiger partial charge in [0.25, 0.3) is 5.91 Å². The third-order valence-corrected chi connectivity index (χ3v) is 5.08. The first-order valence-corrected chi connectivity index (χ1v) is 8.50. The van der Waals surface area contributed by atoms with Crippen molar-refractivity contribution in [3.05, 3.63) is 51.3 Å². The molecule has 0 N–H and O–H groups in total. The Hall–Kier alpha value is -1.78. The predicted octanol–water partition coefficient (Wildman–Crippen LogP) is 4.36. The summed E-state index contributed by atoms with van der Waals surface area (Å²) in [5.74, 6) is 0.198. The Morgan fingerprint density at radius 2 is 1.88 bits per heavy atom. The first-order valence-electron chi connectivity index (χ1n) is 7.75. The highest BCUT2D eigenvalue weighted by atomic mass is 35.5. The molecule has 1 amide bonds. The molecule has 126 valence electrons. The van der Waals surface area contributed by atoms with Crippen molar-refractivity contribution in [2.45, 2.75) is 33.2 Å². The van der Waals surface area contributed by atoms with Crippen LogP contribution in [0.2, 0.25) is 10.0 Å². The van der Waals surface area contributed by atoms with Gasteiger partial charge in [-0.05, 0) is 38.8 Å². The second kappa shape index (κ2) is 6.61. The molecule has 2 heterocycles. The van der Waals surface area contributed by atoms with Gasteiger partial charge < -0.3 is 9.64 Å². The van der Waals surface area contributed by atoms with Crippen molar-refractivity contribution in [3.63, 3.8) is 0 Å². The van der Waals surface area contributed by atoms with Crippen LogP contribution in [-0.4, -0.2) is 23.5 Å². The average molecular weight is 365 g/mol. The average Bonchev–Trinajstić information content (AvgIpc) is 2.88. The minimum atomic E-state index is -0.124. The van der Waals surface area contributed by atoms with E-state index < -0.39 is 0 Å². The molecule has 0 spiro atoms. The fraction of sp³-hybridized carbons (Fsp3) is 0.333. The zero-order valence-corrected chi connectivity index (χ0v) is 15.3. The number of anilines is 1. The maximum atomic E-state index is 12.7. The topological polar surface area (TPSA) is 42.4 Å². The Kier molecular flexibility index (Phi) is 4.70. The van der Waals surface area contributed by atoms with Crippen LogP contribution in [0.5, 0.6) is 5.75 Å². The summed E-state index contributed by atoms with van der Waals surface area (Å²) in [6, 6.07) is 8.02. The Balaban J connectivity index is 1.80. The molecule has 0 aliphatic carbocycles. The Morgan fingerprint density at radius 1 is 1.25 bits per heavy atom. The van der Waals surface area contributed by atoms with Crippen LogP contribution in [-0.2, 0) is 11.2 Å². The molecule has 24 heavy (non-hydrogen) atoms. The van der Waals surface area contributed by atoms with E-state index in [1.165, 1.54) is 5.56 Å². The molecule has 1 atom stereocenters. The van der Waals surface area contributed by atoms with E-state index in [0.29, 0.717) is 27.2 Å². The summed E-state index contributed by atoms with van der Waals surface area (Å²) in [7, 11) is 0. The van der Waals surface area contributed by atoms with Gasteiger partial charge in [0, 0.05) is 11.7 Å². The lowest BCUT2D eigenvalue weighted by molar-refractivity contribution is -0.120. The van der Waals surface area contributed by atoms with Crippen LogP contribution in [0.4, 0.5) is 5.69 Å². The number of amides is 1. The molecular formula is C18H18Cl2N2O2. The van der Waals surface area contributed by atoms with Crippen LogP contribution in [0.15, 0.2) is 24.3 Å². The van der Waals surface area contributed by atoms with Gasteiger partial charge in [0.05, 0.1) is 11.4 Å². The number of halogens is 2. The number of nitrogens with zero attached hydrogens (tertiary/aromatic N) is 2. The zero-order valence-electron chi connectivity index (χ0n) is 13.8. The van der Waals surface area contributed by atoms with Crippen molar-refractivity contribution < 1.29 is 9.53 Å². The lowest BCUT2D eigenvalue weighted by Crippen LogP contribution is -2.39. The number of carbonyl (C=O) groups excluding carboxylic acids is 1. The van der Waals surface area contributed by atoms with Gasteiger partial charge in [-0.1, -0.05) is 41.4 Å². The first-order chi connectivity index (χ1) is 11.4. The molecule has 4 nitrogen and oxygen atoms in total. The summed E-state index contributed by atoms with van der Waals surface area (Å²) in [4.78, 5) is 18.7. The molecule has 0 saturated carbocycles. The highest BCUT2D eigenvalue weighted by Gasteiger charge is 2.31. The summed E-state index contributed by atoms with van der Waals surface area (Å²) in [5.41, 5.74) is 3.37. The van der Waals surface area contributed by atoms with E-state index in [9.17, 15) is 4.79 Å². The number of aromatic nitrogens is 1. The van der Waals surface area contributed by atoms with Gasteiger partial charge >= 0.3 is 0 Å². The number of hydrogen-bond donors (Lipinski definition) is 0. The molecular weight excluding hydrogens is 347 g/mol. The highest BCUT2D eigenvalue weighted by molar-refractivity contribution is 6.37. The monoisotopic (exact) mass is 364 g/mol.